The first-order valence-electron chi connectivity index (χ1n) is 4.37. The lowest BCUT2D eigenvalue weighted by atomic mass is 10.3. The summed E-state index contributed by atoms with van der Waals surface area (Å²) in [6.45, 7) is 0. The maximum Gasteiger partial charge on any atom is 0.244 e. The van der Waals surface area contributed by atoms with Gasteiger partial charge in [-0.2, -0.15) is 9.67 Å². The Balaban J connectivity index is 2.48. The third-order valence-electron chi connectivity index (χ3n) is 1.91. The van der Waals surface area contributed by atoms with Gasteiger partial charge in [-0.25, -0.2) is 0 Å². The molecule has 0 saturated carbocycles. The quantitative estimate of drug-likeness (QED) is 0.811. The summed E-state index contributed by atoms with van der Waals surface area (Å²) < 4.78 is 1.53. The highest BCUT2D eigenvalue weighted by molar-refractivity contribution is 6.30. The molecule has 0 unspecified atom stereocenters. The fourth-order valence-electron chi connectivity index (χ4n) is 1.23. The van der Waals surface area contributed by atoms with Crippen molar-refractivity contribution in [2.75, 3.05) is 18.1 Å². The molecule has 2 aromatic rings. The second-order valence-corrected chi connectivity index (χ2v) is 3.37. The Morgan fingerprint density at radius 3 is 2.87 bits per heavy atom. The largest absolute Gasteiger partial charge is 0.368 e. The Hall–Kier alpha value is -1.75. The summed E-state index contributed by atoms with van der Waals surface area (Å²) in [5, 5.41) is 7.60. The van der Waals surface area contributed by atoms with Crippen LogP contribution >= 0.6 is 11.6 Å². The van der Waals surface area contributed by atoms with Crippen LogP contribution in [0.3, 0.4) is 0 Å². The van der Waals surface area contributed by atoms with Gasteiger partial charge in [-0.05, 0) is 18.2 Å². The zero-order valence-corrected chi connectivity index (χ0v) is 8.86. The lowest BCUT2D eigenvalue weighted by molar-refractivity contribution is 0.893. The summed E-state index contributed by atoms with van der Waals surface area (Å²) in [7, 11) is 1.73. The molecule has 0 amide bonds. The summed E-state index contributed by atoms with van der Waals surface area (Å²) in [6, 6.07) is 7.25. The van der Waals surface area contributed by atoms with Gasteiger partial charge in [-0.15, -0.1) is 5.10 Å². The third-order valence-corrected chi connectivity index (χ3v) is 2.14. The van der Waals surface area contributed by atoms with Gasteiger partial charge in [0, 0.05) is 12.1 Å². The van der Waals surface area contributed by atoms with Crippen molar-refractivity contribution in [1.29, 1.82) is 0 Å². The highest BCUT2D eigenvalue weighted by atomic mass is 35.5. The van der Waals surface area contributed by atoms with Crippen molar-refractivity contribution in [3.8, 4) is 5.69 Å². The minimum Gasteiger partial charge on any atom is -0.368 e. The molecule has 5 nitrogen and oxygen atoms in total. The van der Waals surface area contributed by atoms with Crippen molar-refractivity contribution in [3.63, 3.8) is 0 Å². The first-order chi connectivity index (χ1) is 7.20. The van der Waals surface area contributed by atoms with E-state index in [1.54, 1.807) is 19.2 Å². The third kappa shape index (κ3) is 1.87. The molecular formula is C9H10ClN5. The normalized spacial score (nSPS) is 10.3. The number of anilines is 2. The number of nitrogens with one attached hydrogen (secondary N) is 1. The molecule has 0 aliphatic carbocycles. The molecule has 0 bridgehead atoms. The molecule has 1 heterocycles. The predicted molar refractivity (Wildman–Crippen MR) is 60.3 cm³/mol. The number of hydrogen-bond donors (Lipinski definition) is 2. The Kier molecular flexibility index (Phi) is 2.47. The summed E-state index contributed by atoms with van der Waals surface area (Å²) in [6.07, 6.45) is 0. The molecule has 0 saturated heterocycles. The van der Waals surface area contributed by atoms with Crippen molar-refractivity contribution in [3.05, 3.63) is 29.3 Å². The fraction of sp³-hybridized carbons (Fsp3) is 0.111. The topological polar surface area (TPSA) is 68.8 Å². The van der Waals surface area contributed by atoms with Crippen molar-refractivity contribution in [2.24, 2.45) is 0 Å². The number of aromatic nitrogens is 3. The van der Waals surface area contributed by atoms with E-state index in [-0.39, 0.29) is 0 Å². The molecule has 0 atom stereocenters. The summed E-state index contributed by atoms with van der Waals surface area (Å²) in [5.41, 5.74) is 6.49. The molecule has 2 rings (SSSR count). The van der Waals surface area contributed by atoms with Gasteiger partial charge in [0.1, 0.15) is 0 Å². The SMILES string of the molecule is CNc1nc(N)n(-c2cccc(Cl)c2)n1. The minimum atomic E-state index is 0.321. The van der Waals surface area contributed by atoms with Gasteiger partial charge in [0.25, 0.3) is 0 Å². The van der Waals surface area contributed by atoms with E-state index in [1.807, 2.05) is 12.1 Å². The Labute approximate surface area is 91.9 Å². The highest BCUT2D eigenvalue weighted by Gasteiger charge is 2.07. The number of nitrogen functional groups attached to an aromatic ring is 1. The van der Waals surface area contributed by atoms with Crippen LogP contribution in [0, 0.1) is 0 Å². The summed E-state index contributed by atoms with van der Waals surface area (Å²) in [5.74, 6) is 0.800. The van der Waals surface area contributed by atoms with E-state index in [1.165, 1.54) is 4.68 Å². The van der Waals surface area contributed by atoms with E-state index in [9.17, 15) is 0 Å². The Morgan fingerprint density at radius 2 is 2.27 bits per heavy atom. The molecule has 0 aliphatic heterocycles. The van der Waals surface area contributed by atoms with Gasteiger partial charge in [-0.1, -0.05) is 17.7 Å². The Bertz CT molecular complexity index is 479. The maximum absolute atomic E-state index is 5.87. The molecule has 3 N–H and O–H groups in total. The number of benzene rings is 1. The second-order valence-electron chi connectivity index (χ2n) is 2.94. The van der Waals surface area contributed by atoms with Crippen LogP contribution in [0.5, 0.6) is 0 Å². The number of halogens is 1. The Morgan fingerprint density at radius 1 is 1.47 bits per heavy atom. The van der Waals surface area contributed by atoms with Gasteiger partial charge in [0.2, 0.25) is 11.9 Å². The average molecular weight is 224 g/mol. The van der Waals surface area contributed by atoms with Crippen molar-refractivity contribution in [1.82, 2.24) is 14.8 Å². The molecule has 15 heavy (non-hydrogen) atoms. The van der Waals surface area contributed by atoms with Crippen molar-refractivity contribution >= 4 is 23.5 Å². The van der Waals surface area contributed by atoms with Crippen LogP contribution in [-0.4, -0.2) is 21.8 Å². The van der Waals surface area contributed by atoms with Crippen LogP contribution in [0.1, 0.15) is 0 Å². The van der Waals surface area contributed by atoms with Crippen LogP contribution in [0.25, 0.3) is 5.69 Å². The molecule has 0 aliphatic rings. The second kappa shape index (κ2) is 3.78. The van der Waals surface area contributed by atoms with Gasteiger partial charge < -0.3 is 11.1 Å². The number of hydrogen-bond acceptors (Lipinski definition) is 4. The number of nitrogens with zero attached hydrogens (tertiary/aromatic N) is 3. The van der Waals surface area contributed by atoms with E-state index in [0.29, 0.717) is 16.9 Å². The van der Waals surface area contributed by atoms with Crippen LogP contribution < -0.4 is 11.1 Å². The number of rotatable bonds is 2. The molecule has 78 valence electrons. The molecular weight excluding hydrogens is 214 g/mol. The molecule has 1 aromatic carbocycles. The predicted octanol–water partition coefficient (Wildman–Crippen LogP) is 1.54. The van der Waals surface area contributed by atoms with Crippen LogP contribution in [-0.2, 0) is 0 Å². The van der Waals surface area contributed by atoms with E-state index in [0.717, 1.165) is 5.69 Å². The summed E-state index contributed by atoms with van der Waals surface area (Å²) >= 11 is 5.87. The zero-order valence-electron chi connectivity index (χ0n) is 8.11. The first kappa shape index (κ1) is 9.79. The monoisotopic (exact) mass is 223 g/mol. The van der Waals surface area contributed by atoms with Gasteiger partial charge in [0.15, 0.2) is 0 Å². The van der Waals surface area contributed by atoms with E-state index >= 15 is 0 Å². The number of nitrogens with two attached hydrogens (primary N) is 1. The standard InChI is InChI=1S/C9H10ClN5/c1-12-9-13-8(11)15(14-9)7-4-2-3-6(10)5-7/h2-5H,1H3,(H3,11,12,13,14). The smallest absolute Gasteiger partial charge is 0.244 e. The molecule has 0 fully saturated rings. The van der Waals surface area contributed by atoms with E-state index in [4.69, 9.17) is 17.3 Å². The van der Waals surface area contributed by atoms with Gasteiger partial charge in [0.05, 0.1) is 5.69 Å². The van der Waals surface area contributed by atoms with E-state index < -0.39 is 0 Å². The van der Waals surface area contributed by atoms with Gasteiger partial charge in [-0.3, -0.25) is 0 Å². The lowest BCUT2D eigenvalue weighted by Gasteiger charge is -2.01. The molecule has 1 aromatic heterocycles. The van der Waals surface area contributed by atoms with Crippen molar-refractivity contribution < 1.29 is 0 Å². The molecule has 0 spiro atoms. The average Bonchev–Trinajstić information content (AvgIpc) is 2.60. The lowest BCUT2D eigenvalue weighted by Crippen LogP contribution is -2.02. The molecule has 0 radical (unpaired) electrons. The fourth-order valence-corrected chi connectivity index (χ4v) is 1.41. The van der Waals surface area contributed by atoms with Gasteiger partial charge >= 0.3 is 0 Å². The highest BCUT2D eigenvalue weighted by Crippen LogP contribution is 2.17. The van der Waals surface area contributed by atoms with Crippen LogP contribution in [0.15, 0.2) is 24.3 Å². The minimum absolute atomic E-state index is 0.321. The van der Waals surface area contributed by atoms with Crippen molar-refractivity contribution in [2.45, 2.75) is 0 Å². The van der Waals surface area contributed by atoms with Crippen LogP contribution in [0.4, 0.5) is 11.9 Å². The van der Waals surface area contributed by atoms with E-state index in [2.05, 4.69) is 15.4 Å². The molecule has 6 heteroatoms. The maximum atomic E-state index is 5.87. The zero-order chi connectivity index (χ0) is 10.8. The first-order valence-corrected chi connectivity index (χ1v) is 4.75. The summed E-state index contributed by atoms with van der Waals surface area (Å²) in [4.78, 5) is 4.01. The van der Waals surface area contributed by atoms with Crippen LogP contribution in [0.2, 0.25) is 5.02 Å².